The lowest BCUT2D eigenvalue weighted by atomic mass is 9.80. The Morgan fingerprint density at radius 3 is 2.75 bits per heavy atom. The molecule has 3 nitrogen and oxygen atoms in total. The third-order valence-corrected chi connectivity index (χ3v) is 4.55. The first kappa shape index (κ1) is 14.9. The Morgan fingerprint density at radius 2 is 2.15 bits per heavy atom. The van der Waals surface area contributed by atoms with Crippen molar-refractivity contribution in [3.8, 4) is 5.75 Å². The average molecular weight is 276 g/mol. The van der Waals surface area contributed by atoms with Gasteiger partial charge in [0.1, 0.15) is 5.75 Å². The Hall–Kier alpha value is -1.51. The number of carboxylic acid groups (broad SMARTS) is 1. The topological polar surface area (TPSA) is 46.5 Å². The van der Waals surface area contributed by atoms with Crippen molar-refractivity contribution >= 4 is 5.97 Å². The summed E-state index contributed by atoms with van der Waals surface area (Å²) in [7, 11) is 0. The molecule has 1 aromatic rings. The molecule has 2 rings (SSSR count). The number of carboxylic acids is 1. The molecule has 1 saturated carbocycles. The van der Waals surface area contributed by atoms with Gasteiger partial charge in [-0.3, -0.25) is 4.79 Å². The van der Waals surface area contributed by atoms with E-state index in [9.17, 15) is 9.90 Å². The maximum Gasteiger partial charge on any atom is 0.309 e. The first-order valence-corrected chi connectivity index (χ1v) is 7.57. The predicted octanol–water partition coefficient (Wildman–Crippen LogP) is 4.13. The van der Waals surface area contributed by atoms with Gasteiger partial charge < -0.3 is 9.84 Å². The van der Waals surface area contributed by atoms with Crippen molar-refractivity contribution in [2.75, 3.05) is 6.61 Å². The zero-order valence-corrected chi connectivity index (χ0v) is 12.2. The van der Waals surface area contributed by atoms with E-state index in [4.69, 9.17) is 4.74 Å². The molecule has 0 amide bonds. The van der Waals surface area contributed by atoms with Crippen LogP contribution < -0.4 is 4.74 Å². The number of hydrogen-bond donors (Lipinski definition) is 1. The van der Waals surface area contributed by atoms with E-state index in [2.05, 4.69) is 6.92 Å². The second-order valence-electron chi connectivity index (χ2n) is 5.87. The second-order valence-corrected chi connectivity index (χ2v) is 5.87. The number of ether oxygens (including phenoxy) is 1. The van der Waals surface area contributed by atoms with Crippen molar-refractivity contribution in [1.29, 1.82) is 0 Å². The maximum atomic E-state index is 11.6. The lowest BCUT2D eigenvalue weighted by molar-refractivity contribution is -0.149. The molecule has 3 heteroatoms. The molecule has 1 aromatic carbocycles. The Kier molecular flexibility index (Phi) is 5.05. The largest absolute Gasteiger partial charge is 0.494 e. The average Bonchev–Trinajstić information content (AvgIpc) is 2.90. The molecule has 0 heterocycles. The molecule has 1 aliphatic carbocycles. The zero-order chi connectivity index (χ0) is 14.4. The summed E-state index contributed by atoms with van der Waals surface area (Å²) >= 11 is 0. The van der Waals surface area contributed by atoms with Gasteiger partial charge in [-0.2, -0.15) is 0 Å². The van der Waals surface area contributed by atoms with E-state index in [1.807, 2.05) is 30.3 Å². The number of aliphatic carboxylic acids is 1. The van der Waals surface area contributed by atoms with Crippen LogP contribution in [0.4, 0.5) is 0 Å². The highest BCUT2D eigenvalue weighted by Gasteiger charge is 2.44. The molecular weight excluding hydrogens is 252 g/mol. The minimum Gasteiger partial charge on any atom is -0.494 e. The van der Waals surface area contributed by atoms with Crippen LogP contribution in [0.1, 0.15) is 45.4 Å². The van der Waals surface area contributed by atoms with Crippen molar-refractivity contribution in [2.45, 2.75) is 45.4 Å². The Morgan fingerprint density at radius 1 is 1.40 bits per heavy atom. The fourth-order valence-corrected chi connectivity index (χ4v) is 3.23. The van der Waals surface area contributed by atoms with E-state index >= 15 is 0 Å². The van der Waals surface area contributed by atoms with Crippen molar-refractivity contribution in [3.63, 3.8) is 0 Å². The van der Waals surface area contributed by atoms with E-state index in [1.165, 1.54) is 0 Å². The third-order valence-electron chi connectivity index (χ3n) is 4.55. The summed E-state index contributed by atoms with van der Waals surface area (Å²) in [6, 6.07) is 9.69. The predicted molar refractivity (Wildman–Crippen MR) is 78.9 cm³/mol. The van der Waals surface area contributed by atoms with Gasteiger partial charge in [0, 0.05) is 0 Å². The summed E-state index contributed by atoms with van der Waals surface area (Å²) in [6.07, 6.45) is 5.34. The van der Waals surface area contributed by atoms with E-state index in [0.29, 0.717) is 12.5 Å². The number of benzene rings is 1. The van der Waals surface area contributed by atoms with Gasteiger partial charge in [0.2, 0.25) is 0 Å². The molecule has 0 aliphatic heterocycles. The normalized spacial score (nSPS) is 25.6. The Balaban J connectivity index is 1.80. The molecule has 2 atom stereocenters. The van der Waals surface area contributed by atoms with Crippen LogP contribution in [-0.4, -0.2) is 17.7 Å². The molecule has 0 radical (unpaired) electrons. The smallest absolute Gasteiger partial charge is 0.309 e. The van der Waals surface area contributed by atoms with Crippen LogP contribution in [0, 0.1) is 11.3 Å². The van der Waals surface area contributed by atoms with Crippen LogP contribution in [0.25, 0.3) is 0 Å². The Labute approximate surface area is 121 Å². The fourth-order valence-electron chi connectivity index (χ4n) is 3.23. The molecule has 2 unspecified atom stereocenters. The van der Waals surface area contributed by atoms with Gasteiger partial charge in [-0.25, -0.2) is 0 Å². The summed E-state index contributed by atoms with van der Waals surface area (Å²) in [6.45, 7) is 2.75. The summed E-state index contributed by atoms with van der Waals surface area (Å²) in [4.78, 5) is 11.6. The standard InChI is InChI=1S/C17H24O3/c1-2-14-9-11-17(13-14,16(18)19)10-6-12-20-15-7-4-3-5-8-15/h3-5,7-8,14H,2,6,9-13H2,1H3,(H,18,19). The van der Waals surface area contributed by atoms with Crippen molar-refractivity contribution in [2.24, 2.45) is 11.3 Å². The second kappa shape index (κ2) is 6.78. The van der Waals surface area contributed by atoms with Crippen LogP contribution in [0.15, 0.2) is 30.3 Å². The quantitative estimate of drug-likeness (QED) is 0.762. The molecule has 1 fully saturated rings. The number of para-hydroxylation sites is 1. The van der Waals surface area contributed by atoms with Gasteiger partial charge in [0.05, 0.1) is 12.0 Å². The highest BCUT2D eigenvalue weighted by molar-refractivity contribution is 5.75. The minimum absolute atomic E-state index is 0.499. The van der Waals surface area contributed by atoms with Gasteiger partial charge in [-0.15, -0.1) is 0 Å². The van der Waals surface area contributed by atoms with E-state index in [1.54, 1.807) is 0 Å². The van der Waals surface area contributed by atoms with Crippen LogP contribution in [0.2, 0.25) is 0 Å². The minimum atomic E-state index is -0.617. The SMILES string of the molecule is CCC1CCC(CCCOc2ccccc2)(C(=O)O)C1. The van der Waals surface area contributed by atoms with Crippen LogP contribution in [0.5, 0.6) is 5.75 Å². The van der Waals surface area contributed by atoms with Crippen molar-refractivity contribution < 1.29 is 14.6 Å². The molecule has 0 bridgehead atoms. The Bertz CT molecular complexity index is 429. The molecule has 20 heavy (non-hydrogen) atoms. The fraction of sp³-hybridized carbons (Fsp3) is 0.588. The molecule has 0 spiro atoms. The summed E-state index contributed by atoms with van der Waals surface area (Å²) in [5.74, 6) is 0.823. The summed E-state index contributed by atoms with van der Waals surface area (Å²) < 4.78 is 5.65. The van der Waals surface area contributed by atoms with Gasteiger partial charge in [0.15, 0.2) is 0 Å². The number of carbonyl (C=O) groups is 1. The summed E-state index contributed by atoms with van der Waals surface area (Å²) in [5, 5.41) is 9.55. The lowest BCUT2D eigenvalue weighted by Gasteiger charge is -2.24. The molecule has 0 aromatic heterocycles. The number of rotatable bonds is 7. The molecule has 0 saturated heterocycles. The van der Waals surface area contributed by atoms with E-state index in [-0.39, 0.29) is 0 Å². The first-order chi connectivity index (χ1) is 9.66. The van der Waals surface area contributed by atoms with Gasteiger partial charge in [-0.1, -0.05) is 31.5 Å². The molecule has 110 valence electrons. The van der Waals surface area contributed by atoms with Gasteiger partial charge in [0.25, 0.3) is 0 Å². The highest BCUT2D eigenvalue weighted by atomic mass is 16.5. The number of hydrogen-bond acceptors (Lipinski definition) is 2. The van der Waals surface area contributed by atoms with E-state index < -0.39 is 11.4 Å². The molecule has 1 N–H and O–H groups in total. The van der Waals surface area contributed by atoms with Crippen molar-refractivity contribution in [1.82, 2.24) is 0 Å². The first-order valence-electron chi connectivity index (χ1n) is 7.57. The zero-order valence-electron chi connectivity index (χ0n) is 12.2. The monoisotopic (exact) mass is 276 g/mol. The maximum absolute atomic E-state index is 11.6. The van der Waals surface area contributed by atoms with E-state index in [0.717, 1.165) is 44.3 Å². The third kappa shape index (κ3) is 3.53. The van der Waals surface area contributed by atoms with Crippen molar-refractivity contribution in [3.05, 3.63) is 30.3 Å². The van der Waals surface area contributed by atoms with Crippen LogP contribution >= 0.6 is 0 Å². The molecular formula is C17H24O3. The van der Waals surface area contributed by atoms with Gasteiger partial charge in [-0.05, 0) is 50.2 Å². The van der Waals surface area contributed by atoms with Crippen LogP contribution in [0.3, 0.4) is 0 Å². The summed E-state index contributed by atoms with van der Waals surface area (Å²) in [5.41, 5.74) is -0.499. The van der Waals surface area contributed by atoms with Gasteiger partial charge >= 0.3 is 5.97 Å². The van der Waals surface area contributed by atoms with Crippen LogP contribution in [-0.2, 0) is 4.79 Å². The lowest BCUT2D eigenvalue weighted by Crippen LogP contribution is -2.28. The highest BCUT2D eigenvalue weighted by Crippen LogP contribution is 2.46. The molecule has 1 aliphatic rings.